The molecule has 0 radical (unpaired) electrons. The molecule has 0 saturated carbocycles. The average molecular weight is 293 g/mol. The highest BCUT2D eigenvalue weighted by Gasteiger charge is 2.20. The summed E-state index contributed by atoms with van der Waals surface area (Å²) in [6, 6.07) is 10.3. The van der Waals surface area contributed by atoms with E-state index in [1.165, 1.54) is 6.07 Å². The zero-order chi connectivity index (χ0) is 14.1. The number of fused-ring (bicyclic) bond motifs is 1. The summed E-state index contributed by atoms with van der Waals surface area (Å²) >= 11 is 5.88. The monoisotopic (exact) mass is 292 g/mol. The maximum atomic E-state index is 13.3. The van der Waals surface area contributed by atoms with Crippen LogP contribution in [0.1, 0.15) is 29.2 Å². The second-order valence-electron chi connectivity index (χ2n) is 4.92. The molecule has 1 aliphatic rings. The van der Waals surface area contributed by atoms with Crippen molar-refractivity contribution in [3.63, 3.8) is 0 Å². The lowest BCUT2D eigenvalue weighted by Crippen LogP contribution is -1.98. The van der Waals surface area contributed by atoms with Crippen LogP contribution < -0.4 is 4.74 Å². The Bertz CT molecular complexity index is 642. The average Bonchev–Trinajstić information content (AvgIpc) is 2.82. The number of aliphatic hydroxyl groups excluding tert-OH is 1. The Labute approximate surface area is 121 Å². The van der Waals surface area contributed by atoms with Crippen LogP contribution in [0.25, 0.3) is 0 Å². The molecule has 3 rings (SSSR count). The highest BCUT2D eigenvalue weighted by atomic mass is 35.5. The van der Waals surface area contributed by atoms with Crippen molar-refractivity contribution in [3.05, 3.63) is 63.9 Å². The summed E-state index contributed by atoms with van der Waals surface area (Å²) in [5, 5.41) is 9.85. The summed E-state index contributed by atoms with van der Waals surface area (Å²) in [5.41, 5.74) is 2.70. The molecular weight excluding hydrogens is 279 g/mol. The van der Waals surface area contributed by atoms with Gasteiger partial charge in [0.1, 0.15) is 18.2 Å². The minimum Gasteiger partial charge on any atom is -0.489 e. The highest BCUT2D eigenvalue weighted by Crippen LogP contribution is 2.33. The number of hydrogen-bond acceptors (Lipinski definition) is 2. The first-order valence-electron chi connectivity index (χ1n) is 6.52. The predicted molar refractivity (Wildman–Crippen MR) is 75.5 cm³/mol. The molecule has 2 nitrogen and oxygen atoms in total. The van der Waals surface area contributed by atoms with Crippen LogP contribution in [0.4, 0.5) is 4.39 Å². The molecular formula is C16H14ClFO2. The molecule has 1 aliphatic carbocycles. The number of benzene rings is 2. The molecule has 0 saturated heterocycles. The highest BCUT2D eigenvalue weighted by molar-refractivity contribution is 6.31. The Morgan fingerprint density at radius 1 is 1.30 bits per heavy atom. The van der Waals surface area contributed by atoms with E-state index in [9.17, 15) is 9.50 Å². The molecule has 0 aliphatic heterocycles. The second-order valence-corrected chi connectivity index (χ2v) is 5.29. The first-order valence-corrected chi connectivity index (χ1v) is 6.89. The summed E-state index contributed by atoms with van der Waals surface area (Å²) in [7, 11) is 0. The molecule has 2 aromatic rings. The van der Waals surface area contributed by atoms with Crippen molar-refractivity contribution in [2.24, 2.45) is 0 Å². The van der Waals surface area contributed by atoms with Crippen molar-refractivity contribution >= 4 is 11.6 Å². The number of rotatable bonds is 3. The van der Waals surface area contributed by atoms with Crippen molar-refractivity contribution in [1.29, 1.82) is 0 Å². The third-order valence-corrected chi connectivity index (χ3v) is 4.01. The Morgan fingerprint density at radius 2 is 2.15 bits per heavy atom. The Balaban J connectivity index is 1.74. The van der Waals surface area contributed by atoms with Crippen molar-refractivity contribution in [2.45, 2.75) is 25.6 Å². The molecule has 0 bridgehead atoms. The van der Waals surface area contributed by atoms with Gasteiger partial charge >= 0.3 is 0 Å². The fraction of sp³-hybridized carbons (Fsp3) is 0.250. The van der Waals surface area contributed by atoms with Gasteiger partial charge in [0.2, 0.25) is 0 Å². The van der Waals surface area contributed by atoms with E-state index in [1.54, 1.807) is 12.1 Å². The largest absolute Gasteiger partial charge is 0.489 e. The number of ether oxygens (including phenoxy) is 1. The van der Waals surface area contributed by atoms with Gasteiger partial charge < -0.3 is 9.84 Å². The molecule has 104 valence electrons. The fourth-order valence-corrected chi connectivity index (χ4v) is 2.66. The maximum absolute atomic E-state index is 13.3. The number of hydrogen-bond donors (Lipinski definition) is 1. The molecule has 1 atom stereocenters. The molecule has 0 heterocycles. The molecule has 20 heavy (non-hydrogen) atoms. The smallest absolute Gasteiger partial charge is 0.142 e. The number of aryl methyl sites for hydroxylation is 1. The van der Waals surface area contributed by atoms with Crippen LogP contribution in [0, 0.1) is 5.82 Å². The molecule has 0 spiro atoms. The molecule has 0 unspecified atom stereocenters. The van der Waals surface area contributed by atoms with Gasteiger partial charge in [-0.2, -0.15) is 0 Å². The minimum atomic E-state index is -0.440. The van der Waals surface area contributed by atoms with Gasteiger partial charge in [-0.25, -0.2) is 4.39 Å². The third kappa shape index (κ3) is 2.51. The van der Waals surface area contributed by atoms with Crippen LogP contribution in [0.5, 0.6) is 5.75 Å². The van der Waals surface area contributed by atoms with Crippen LogP contribution in [-0.4, -0.2) is 5.11 Å². The molecule has 0 amide bonds. The Morgan fingerprint density at radius 3 is 3.00 bits per heavy atom. The van der Waals surface area contributed by atoms with E-state index in [4.69, 9.17) is 16.3 Å². The first-order chi connectivity index (χ1) is 9.65. The van der Waals surface area contributed by atoms with Gasteiger partial charge in [-0.1, -0.05) is 29.8 Å². The van der Waals surface area contributed by atoms with Gasteiger partial charge in [0.05, 0.1) is 11.1 Å². The topological polar surface area (TPSA) is 29.5 Å². The van der Waals surface area contributed by atoms with Crippen molar-refractivity contribution in [2.75, 3.05) is 0 Å². The quantitative estimate of drug-likeness (QED) is 0.925. The van der Waals surface area contributed by atoms with E-state index in [0.717, 1.165) is 24.0 Å². The van der Waals surface area contributed by atoms with E-state index in [0.29, 0.717) is 11.3 Å². The second kappa shape index (κ2) is 5.43. The van der Waals surface area contributed by atoms with Crippen LogP contribution >= 0.6 is 11.6 Å². The van der Waals surface area contributed by atoms with Gasteiger partial charge in [0, 0.05) is 5.56 Å². The Kier molecular flexibility index (Phi) is 3.64. The van der Waals surface area contributed by atoms with Crippen molar-refractivity contribution in [1.82, 2.24) is 0 Å². The minimum absolute atomic E-state index is 0.101. The predicted octanol–water partition coefficient (Wildman–Crippen LogP) is 4.04. The zero-order valence-corrected chi connectivity index (χ0v) is 11.5. The Hall–Kier alpha value is -1.58. The van der Waals surface area contributed by atoms with Crippen LogP contribution in [0.15, 0.2) is 36.4 Å². The van der Waals surface area contributed by atoms with Crippen LogP contribution in [0.3, 0.4) is 0 Å². The van der Waals surface area contributed by atoms with Crippen molar-refractivity contribution < 1.29 is 14.2 Å². The van der Waals surface area contributed by atoms with E-state index in [1.807, 2.05) is 18.2 Å². The van der Waals surface area contributed by atoms with E-state index >= 15 is 0 Å². The number of aliphatic hydroxyl groups is 1. The summed E-state index contributed by atoms with van der Waals surface area (Å²) in [6.07, 6.45) is 1.25. The summed E-state index contributed by atoms with van der Waals surface area (Å²) in [6.45, 7) is 0.220. The first kappa shape index (κ1) is 13.4. The molecule has 0 fully saturated rings. The van der Waals surface area contributed by atoms with E-state index in [2.05, 4.69) is 0 Å². The van der Waals surface area contributed by atoms with Gasteiger partial charge in [0.25, 0.3) is 0 Å². The number of halogens is 2. The molecule has 0 aromatic heterocycles. The van der Waals surface area contributed by atoms with Gasteiger partial charge in [-0.15, -0.1) is 0 Å². The normalized spacial score (nSPS) is 17.1. The van der Waals surface area contributed by atoms with Gasteiger partial charge in [-0.3, -0.25) is 0 Å². The van der Waals surface area contributed by atoms with E-state index < -0.39 is 5.82 Å². The van der Waals surface area contributed by atoms with E-state index in [-0.39, 0.29) is 17.7 Å². The third-order valence-electron chi connectivity index (χ3n) is 3.59. The van der Waals surface area contributed by atoms with Crippen molar-refractivity contribution in [3.8, 4) is 5.75 Å². The SMILES string of the molecule is O[C@H]1CCc2cc(OCc3cccc(F)c3Cl)ccc21. The molecule has 4 heteroatoms. The van der Waals surface area contributed by atoms with Gasteiger partial charge in [0.15, 0.2) is 0 Å². The standard InChI is InChI=1S/C16H14ClFO2/c17-16-11(2-1-3-14(16)18)9-20-12-5-6-13-10(8-12)4-7-15(13)19/h1-3,5-6,8,15,19H,4,7,9H2/t15-/m0/s1. The summed E-state index contributed by atoms with van der Waals surface area (Å²) in [5.74, 6) is 0.267. The van der Waals surface area contributed by atoms with Crippen LogP contribution in [-0.2, 0) is 13.0 Å². The lowest BCUT2D eigenvalue weighted by molar-refractivity contribution is 0.180. The molecule has 1 N–H and O–H groups in total. The maximum Gasteiger partial charge on any atom is 0.142 e. The summed E-state index contributed by atoms with van der Waals surface area (Å²) in [4.78, 5) is 0. The zero-order valence-electron chi connectivity index (χ0n) is 10.8. The lowest BCUT2D eigenvalue weighted by atomic mass is 10.1. The van der Waals surface area contributed by atoms with Gasteiger partial charge in [-0.05, 0) is 42.2 Å². The van der Waals surface area contributed by atoms with Crippen LogP contribution in [0.2, 0.25) is 5.02 Å². The summed E-state index contributed by atoms with van der Waals surface area (Å²) < 4.78 is 19.0. The lowest BCUT2D eigenvalue weighted by Gasteiger charge is -2.10. The fourth-order valence-electron chi connectivity index (χ4n) is 2.48. The molecule has 2 aromatic carbocycles.